The minimum Gasteiger partial charge on any atom is -0.493 e. The third kappa shape index (κ3) is 3.15. The summed E-state index contributed by atoms with van der Waals surface area (Å²) in [7, 11) is 3.16. The summed E-state index contributed by atoms with van der Waals surface area (Å²) in [6.45, 7) is 2.00. The number of rotatable bonds is 5. The second-order valence-corrected chi connectivity index (χ2v) is 5.42. The van der Waals surface area contributed by atoms with Crippen molar-refractivity contribution >= 4 is 22.9 Å². The van der Waals surface area contributed by atoms with Gasteiger partial charge in [0.05, 0.1) is 25.3 Å². The van der Waals surface area contributed by atoms with Gasteiger partial charge in [-0.25, -0.2) is 4.98 Å². The highest BCUT2D eigenvalue weighted by Crippen LogP contribution is 2.28. The van der Waals surface area contributed by atoms with Crippen LogP contribution >= 0.6 is 0 Å². The topological polar surface area (TPSA) is 64.2 Å². The molecule has 1 N–H and O–H groups in total. The lowest BCUT2D eigenvalue weighted by atomic mass is 10.1. The zero-order chi connectivity index (χ0) is 17.1. The molecule has 0 fully saturated rings. The zero-order valence-corrected chi connectivity index (χ0v) is 13.8. The standard InChI is InChI=1S/C19H18N2O3/c1-12-4-7-14-15(10-12)21-19(20-14)16(22)8-5-13-6-9-17(23-2)18(11-13)24-3/h4-11H,1-3H3,(H,20,21)/b8-5+. The Morgan fingerprint density at radius 1 is 1.08 bits per heavy atom. The van der Waals surface area contributed by atoms with Crippen LogP contribution in [0.1, 0.15) is 21.7 Å². The zero-order valence-electron chi connectivity index (χ0n) is 13.8. The van der Waals surface area contributed by atoms with Gasteiger partial charge < -0.3 is 14.5 Å². The van der Waals surface area contributed by atoms with Gasteiger partial charge in [0.1, 0.15) is 0 Å². The largest absolute Gasteiger partial charge is 0.493 e. The summed E-state index contributed by atoms with van der Waals surface area (Å²) in [6, 6.07) is 11.3. The van der Waals surface area contributed by atoms with Gasteiger partial charge in [0.2, 0.25) is 5.78 Å². The van der Waals surface area contributed by atoms with E-state index in [9.17, 15) is 4.79 Å². The molecule has 0 aliphatic carbocycles. The normalized spacial score (nSPS) is 11.1. The Morgan fingerprint density at radius 2 is 1.88 bits per heavy atom. The Kier molecular flexibility index (Phi) is 4.33. The van der Waals surface area contributed by atoms with Gasteiger partial charge >= 0.3 is 0 Å². The van der Waals surface area contributed by atoms with Crippen molar-refractivity contribution in [1.29, 1.82) is 0 Å². The summed E-state index contributed by atoms with van der Waals surface area (Å²) in [4.78, 5) is 19.7. The average molecular weight is 322 g/mol. The molecular formula is C19H18N2O3. The average Bonchev–Trinajstić information content (AvgIpc) is 3.02. The Labute approximate surface area is 139 Å². The number of carbonyl (C=O) groups excluding carboxylic acids is 1. The number of ether oxygens (including phenoxy) is 2. The summed E-state index contributed by atoms with van der Waals surface area (Å²) < 4.78 is 10.5. The van der Waals surface area contributed by atoms with E-state index in [1.54, 1.807) is 26.4 Å². The molecule has 24 heavy (non-hydrogen) atoms. The lowest BCUT2D eigenvalue weighted by Crippen LogP contribution is -1.96. The second kappa shape index (κ2) is 6.58. The first-order valence-corrected chi connectivity index (χ1v) is 7.51. The molecule has 5 heteroatoms. The molecule has 0 atom stereocenters. The number of aromatic nitrogens is 2. The summed E-state index contributed by atoms with van der Waals surface area (Å²) >= 11 is 0. The van der Waals surface area contributed by atoms with Crippen molar-refractivity contribution in [2.24, 2.45) is 0 Å². The van der Waals surface area contributed by atoms with E-state index in [2.05, 4.69) is 9.97 Å². The first-order chi connectivity index (χ1) is 11.6. The molecule has 0 aliphatic heterocycles. The lowest BCUT2D eigenvalue weighted by molar-refractivity contribution is 0.103. The molecule has 0 saturated carbocycles. The van der Waals surface area contributed by atoms with E-state index in [0.717, 1.165) is 22.2 Å². The maximum absolute atomic E-state index is 12.3. The smallest absolute Gasteiger partial charge is 0.221 e. The van der Waals surface area contributed by atoms with Crippen LogP contribution in [0.5, 0.6) is 11.5 Å². The molecule has 0 amide bonds. The number of carbonyl (C=O) groups is 1. The van der Waals surface area contributed by atoms with E-state index in [-0.39, 0.29) is 5.78 Å². The van der Waals surface area contributed by atoms with Crippen LogP contribution < -0.4 is 9.47 Å². The number of allylic oxidation sites excluding steroid dienone is 1. The predicted octanol–water partition coefficient (Wildman–Crippen LogP) is 3.78. The minimum atomic E-state index is -0.182. The molecule has 0 bridgehead atoms. The van der Waals surface area contributed by atoms with Crippen molar-refractivity contribution in [2.75, 3.05) is 14.2 Å². The number of methoxy groups -OCH3 is 2. The summed E-state index contributed by atoms with van der Waals surface area (Å²) in [5.41, 5.74) is 3.60. The fraction of sp³-hybridized carbons (Fsp3) is 0.158. The highest BCUT2D eigenvalue weighted by Gasteiger charge is 2.09. The van der Waals surface area contributed by atoms with Crippen molar-refractivity contribution in [3.05, 3.63) is 59.4 Å². The van der Waals surface area contributed by atoms with Gasteiger partial charge in [-0.15, -0.1) is 0 Å². The number of H-pyrrole nitrogens is 1. The number of aryl methyl sites for hydroxylation is 1. The van der Waals surface area contributed by atoms with E-state index in [0.29, 0.717) is 17.3 Å². The quantitative estimate of drug-likeness (QED) is 0.573. The van der Waals surface area contributed by atoms with Crippen molar-refractivity contribution < 1.29 is 14.3 Å². The van der Waals surface area contributed by atoms with Crippen LogP contribution in [0.3, 0.4) is 0 Å². The maximum atomic E-state index is 12.3. The number of fused-ring (bicyclic) bond motifs is 1. The van der Waals surface area contributed by atoms with E-state index in [4.69, 9.17) is 9.47 Å². The number of nitrogens with one attached hydrogen (secondary N) is 1. The highest BCUT2D eigenvalue weighted by atomic mass is 16.5. The monoisotopic (exact) mass is 322 g/mol. The number of imidazole rings is 1. The van der Waals surface area contributed by atoms with Gasteiger partial charge in [-0.05, 0) is 48.4 Å². The Bertz CT molecular complexity index is 926. The van der Waals surface area contributed by atoms with Crippen LogP contribution in [0.25, 0.3) is 17.1 Å². The summed E-state index contributed by atoms with van der Waals surface area (Å²) in [5.74, 6) is 1.41. The molecule has 1 aromatic heterocycles. The van der Waals surface area contributed by atoms with Crippen molar-refractivity contribution in [2.45, 2.75) is 6.92 Å². The lowest BCUT2D eigenvalue weighted by Gasteiger charge is -2.07. The van der Waals surface area contributed by atoms with Crippen LogP contribution in [0.4, 0.5) is 0 Å². The Morgan fingerprint density at radius 3 is 2.62 bits per heavy atom. The molecule has 122 valence electrons. The van der Waals surface area contributed by atoms with Crippen LogP contribution in [-0.2, 0) is 0 Å². The molecule has 0 radical (unpaired) electrons. The molecule has 0 unspecified atom stereocenters. The highest BCUT2D eigenvalue weighted by molar-refractivity contribution is 6.05. The van der Waals surface area contributed by atoms with Crippen molar-refractivity contribution in [1.82, 2.24) is 9.97 Å². The Balaban J connectivity index is 1.83. The van der Waals surface area contributed by atoms with Gasteiger partial charge in [0, 0.05) is 0 Å². The molecule has 3 aromatic rings. The number of hydrogen-bond donors (Lipinski definition) is 1. The molecule has 3 rings (SSSR count). The van der Waals surface area contributed by atoms with E-state index in [1.165, 1.54) is 6.08 Å². The number of aromatic amines is 1. The molecule has 5 nitrogen and oxygen atoms in total. The Hall–Kier alpha value is -3.08. The summed E-state index contributed by atoms with van der Waals surface area (Å²) in [5, 5.41) is 0. The van der Waals surface area contributed by atoms with Gasteiger partial charge in [-0.3, -0.25) is 4.79 Å². The fourth-order valence-electron chi connectivity index (χ4n) is 2.45. The van der Waals surface area contributed by atoms with Crippen LogP contribution in [0, 0.1) is 6.92 Å². The molecule has 1 heterocycles. The number of hydrogen-bond acceptors (Lipinski definition) is 4. The van der Waals surface area contributed by atoms with E-state index < -0.39 is 0 Å². The molecule has 0 saturated heterocycles. The third-order valence-electron chi connectivity index (χ3n) is 3.71. The minimum absolute atomic E-state index is 0.182. The number of benzene rings is 2. The first kappa shape index (κ1) is 15.8. The van der Waals surface area contributed by atoms with Gasteiger partial charge in [-0.1, -0.05) is 18.2 Å². The van der Waals surface area contributed by atoms with Gasteiger partial charge in [-0.2, -0.15) is 0 Å². The van der Waals surface area contributed by atoms with Crippen LogP contribution in [-0.4, -0.2) is 30.0 Å². The van der Waals surface area contributed by atoms with E-state index >= 15 is 0 Å². The van der Waals surface area contributed by atoms with Crippen molar-refractivity contribution in [3.63, 3.8) is 0 Å². The fourth-order valence-corrected chi connectivity index (χ4v) is 2.45. The predicted molar refractivity (Wildman–Crippen MR) is 93.7 cm³/mol. The maximum Gasteiger partial charge on any atom is 0.221 e. The SMILES string of the molecule is COc1ccc(/C=C/C(=O)c2nc3ccc(C)cc3[nH]2)cc1OC. The number of ketones is 1. The van der Waals surface area contributed by atoms with Crippen molar-refractivity contribution in [3.8, 4) is 11.5 Å². The second-order valence-electron chi connectivity index (χ2n) is 5.42. The summed E-state index contributed by atoms with van der Waals surface area (Å²) in [6.07, 6.45) is 3.22. The molecule has 0 spiro atoms. The van der Waals surface area contributed by atoms with Gasteiger partial charge in [0.25, 0.3) is 0 Å². The molecule has 2 aromatic carbocycles. The van der Waals surface area contributed by atoms with Gasteiger partial charge in [0.15, 0.2) is 17.3 Å². The number of nitrogens with zero attached hydrogens (tertiary/aromatic N) is 1. The van der Waals surface area contributed by atoms with Crippen LogP contribution in [0.15, 0.2) is 42.5 Å². The first-order valence-electron chi connectivity index (χ1n) is 7.51. The molecule has 0 aliphatic rings. The molecular weight excluding hydrogens is 304 g/mol. The van der Waals surface area contributed by atoms with E-state index in [1.807, 2.05) is 37.3 Å². The van der Waals surface area contributed by atoms with Crippen LogP contribution in [0.2, 0.25) is 0 Å². The third-order valence-corrected chi connectivity index (χ3v) is 3.71.